The van der Waals surface area contributed by atoms with Crippen LogP contribution in [0.15, 0.2) is 60.8 Å². The number of hydrogen-bond donors (Lipinski definition) is 2. The molecule has 0 unspecified atom stereocenters. The Bertz CT molecular complexity index is 976. The molecule has 5 nitrogen and oxygen atoms in total. The molecule has 0 saturated carbocycles. The summed E-state index contributed by atoms with van der Waals surface area (Å²) in [4.78, 5) is 16.6. The quantitative estimate of drug-likeness (QED) is 0.618. The summed E-state index contributed by atoms with van der Waals surface area (Å²) in [5.74, 6) is -1.24. The van der Waals surface area contributed by atoms with Crippen LogP contribution in [0.5, 0.6) is 5.75 Å². The summed E-state index contributed by atoms with van der Waals surface area (Å²) >= 11 is 0. The zero-order valence-corrected chi connectivity index (χ0v) is 15.4. The number of pyridine rings is 1. The van der Waals surface area contributed by atoms with Crippen LogP contribution in [-0.4, -0.2) is 17.0 Å². The van der Waals surface area contributed by atoms with Crippen LogP contribution in [0.3, 0.4) is 0 Å². The molecule has 3 rings (SSSR count). The molecule has 0 aliphatic heterocycles. The number of amides is 1. The Kier molecular flexibility index (Phi) is 5.84. The monoisotopic (exact) mass is 383 g/mol. The van der Waals surface area contributed by atoms with Crippen molar-refractivity contribution >= 4 is 23.1 Å². The van der Waals surface area contributed by atoms with E-state index in [1.165, 1.54) is 18.3 Å². The summed E-state index contributed by atoms with van der Waals surface area (Å²) < 4.78 is 31.9. The lowest BCUT2D eigenvalue weighted by molar-refractivity contribution is 0.102. The second-order valence-corrected chi connectivity index (χ2v) is 6.33. The second-order valence-electron chi connectivity index (χ2n) is 6.33. The highest BCUT2D eigenvalue weighted by molar-refractivity contribution is 6.04. The van der Waals surface area contributed by atoms with Crippen LogP contribution in [0.4, 0.5) is 26.0 Å². The fourth-order valence-electron chi connectivity index (χ4n) is 2.45. The molecule has 144 valence electrons. The highest BCUT2D eigenvalue weighted by Gasteiger charge is 2.10. The van der Waals surface area contributed by atoms with E-state index in [0.29, 0.717) is 11.4 Å². The molecule has 2 N–H and O–H groups in total. The minimum atomic E-state index is -1.03. The van der Waals surface area contributed by atoms with Gasteiger partial charge in [0.2, 0.25) is 0 Å². The normalized spacial score (nSPS) is 10.6. The summed E-state index contributed by atoms with van der Waals surface area (Å²) in [6, 6.07) is 13.6. The molecule has 1 amide bonds. The molecule has 0 aliphatic rings. The van der Waals surface area contributed by atoms with E-state index in [2.05, 4.69) is 15.6 Å². The van der Waals surface area contributed by atoms with E-state index in [9.17, 15) is 13.6 Å². The first-order chi connectivity index (χ1) is 13.4. The molecule has 0 atom stereocenters. The molecule has 0 saturated heterocycles. The highest BCUT2D eigenvalue weighted by atomic mass is 19.2. The van der Waals surface area contributed by atoms with Crippen LogP contribution in [0.1, 0.15) is 24.2 Å². The average Bonchev–Trinajstić information content (AvgIpc) is 2.66. The van der Waals surface area contributed by atoms with Crippen molar-refractivity contribution < 1.29 is 18.3 Å². The fourth-order valence-corrected chi connectivity index (χ4v) is 2.45. The first-order valence-corrected chi connectivity index (χ1v) is 8.67. The van der Waals surface area contributed by atoms with E-state index in [1.807, 2.05) is 38.1 Å². The smallest absolute Gasteiger partial charge is 0.255 e. The van der Waals surface area contributed by atoms with Crippen LogP contribution < -0.4 is 15.4 Å². The third-order valence-corrected chi connectivity index (χ3v) is 3.70. The number of carbonyl (C=O) groups is 1. The summed E-state index contributed by atoms with van der Waals surface area (Å²) in [7, 11) is 0. The molecule has 3 aromatic rings. The van der Waals surface area contributed by atoms with Gasteiger partial charge in [-0.05, 0) is 62.4 Å². The topological polar surface area (TPSA) is 63.2 Å². The number of aromatic nitrogens is 1. The van der Waals surface area contributed by atoms with Gasteiger partial charge in [0.1, 0.15) is 11.6 Å². The molecule has 0 radical (unpaired) electrons. The second kappa shape index (κ2) is 8.47. The van der Waals surface area contributed by atoms with Gasteiger partial charge in [0.05, 0.1) is 6.10 Å². The van der Waals surface area contributed by atoms with E-state index in [-0.39, 0.29) is 11.8 Å². The van der Waals surface area contributed by atoms with Gasteiger partial charge in [-0.25, -0.2) is 13.8 Å². The van der Waals surface area contributed by atoms with Crippen molar-refractivity contribution in [3.05, 3.63) is 78.0 Å². The van der Waals surface area contributed by atoms with Gasteiger partial charge < -0.3 is 15.4 Å². The van der Waals surface area contributed by atoms with E-state index in [1.54, 1.807) is 6.07 Å². The Morgan fingerprint density at radius 3 is 2.36 bits per heavy atom. The number of ether oxygens (including phenoxy) is 1. The maximum atomic E-state index is 13.3. The van der Waals surface area contributed by atoms with E-state index >= 15 is 0 Å². The summed E-state index contributed by atoms with van der Waals surface area (Å²) in [6.45, 7) is 3.90. The highest BCUT2D eigenvalue weighted by Crippen LogP contribution is 2.21. The SMILES string of the molecule is CC(C)Oc1ccc(Nc2cc(C(=O)Nc3ccc(F)c(F)c3)ccn2)cc1. The van der Waals surface area contributed by atoms with Crippen LogP contribution in [0.25, 0.3) is 0 Å². The average molecular weight is 383 g/mol. The predicted molar refractivity (Wildman–Crippen MR) is 104 cm³/mol. The number of anilines is 3. The maximum Gasteiger partial charge on any atom is 0.255 e. The molecule has 0 bridgehead atoms. The van der Waals surface area contributed by atoms with Crippen molar-refractivity contribution in [1.29, 1.82) is 0 Å². The minimum absolute atomic E-state index is 0.0882. The Hall–Kier alpha value is -3.48. The molecular weight excluding hydrogens is 364 g/mol. The number of hydrogen-bond acceptors (Lipinski definition) is 4. The molecule has 0 fully saturated rings. The third-order valence-electron chi connectivity index (χ3n) is 3.70. The number of nitrogens with zero attached hydrogens (tertiary/aromatic N) is 1. The zero-order valence-electron chi connectivity index (χ0n) is 15.4. The van der Waals surface area contributed by atoms with Gasteiger partial charge in [-0.15, -0.1) is 0 Å². The number of nitrogens with one attached hydrogen (secondary N) is 2. The van der Waals surface area contributed by atoms with Gasteiger partial charge in [0.25, 0.3) is 5.91 Å². The van der Waals surface area contributed by atoms with Crippen LogP contribution in [0.2, 0.25) is 0 Å². The number of benzene rings is 2. The first-order valence-electron chi connectivity index (χ1n) is 8.67. The molecule has 1 heterocycles. The minimum Gasteiger partial charge on any atom is -0.491 e. The number of carbonyl (C=O) groups excluding carboxylic acids is 1. The Balaban J connectivity index is 1.69. The maximum absolute atomic E-state index is 13.3. The number of rotatable bonds is 6. The van der Waals surface area contributed by atoms with E-state index in [0.717, 1.165) is 23.6 Å². The Morgan fingerprint density at radius 2 is 1.68 bits per heavy atom. The van der Waals surface area contributed by atoms with Crippen molar-refractivity contribution in [2.24, 2.45) is 0 Å². The molecule has 0 spiro atoms. The lowest BCUT2D eigenvalue weighted by Gasteiger charge is -2.11. The van der Waals surface area contributed by atoms with Gasteiger partial charge in [-0.1, -0.05) is 0 Å². The number of halogens is 2. The summed E-state index contributed by atoms with van der Waals surface area (Å²) in [5, 5.41) is 5.63. The van der Waals surface area contributed by atoms with Gasteiger partial charge in [-0.3, -0.25) is 4.79 Å². The molecule has 7 heteroatoms. The van der Waals surface area contributed by atoms with Gasteiger partial charge in [0, 0.05) is 29.2 Å². The van der Waals surface area contributed by atoms with Crippen molar-refractivity contribution in [1.82, 2.24) is 4.98 Å². The molecule has 2 aromatic carbocycles. The van der Waals surface area contributed by atoms with Crippen LogP contribution in [-0.2, 0) is 0 Å². The van der Waals surface area contributed by atoms with Crippen molar-refractivity contribution in [2.45, 2.75) is 20.0 Å². The van der Waals surface area contributed by atoms with Crippen molar-refractivity contribution in [2.75, 3.05) is 10.6 Å². The van der Waals surface area contributed by atoms with Gasteiger partial charge >= 0.3 is 0 Å². The Morgan fingerprint density at radius 1 is 0.964 bits per heavy atom. The molecule has 0 aliphatic carbocycles. The van der Waals surface area contributed by atoms with Crippen LogP contribution >= 0.6 is 0 Å². The molecule has 1 aromatic heterocycles. The van der Waals surface area contributed by atoms with E-state index in [4.69, 9.17) is 4.74 Å². The molecular formula is C21H19F2N3O2. The Labute approximate surface area is 161 Å². The van der Waals surface area contributed by atoms with E-state index < -0.39 is 17.5 Å². The fraction of sp³-hybridized carbons (Fsp3) is 0.143. The summed E-state index contributed by atoms with van der Waals surface area (Å²) in [6.07, 6.45) is 1.57. The largest absolute Gasteiger partial charge is 0.491 e. The predicted octanol–water partition coefficient (Wildman–Crippen LogP) is 5.14. The first kappa shape index (κ1) is 19.3. The van der Waals surface area contributed by atoms with Crippen molar-refractivity contribution in [3.8, 4) is 5.75 Å². The van der Waals surface area contributed by atoms with Crippen molar-refractivity contribution in [3.63, 3.8) is 0 Å². The van der Waals surface area contributed by atoms with Gasteiger partial charge in [0.15, 0.2) is 11.6 Å². The lowest BCUT2D eigenvalue weighted by atomic mass is 10.2. The molecule has 28 heavy (non-hydrogen) atoms. The standard InChI is InChI=1S/C21H19F2N3O2/c1-13(2)28-17-6-3-15(4-7-17)25-20-11-14(9-10-24-20)21(27)26-16-5-8-18(22)19(23)12-16/h3-13H,1-2H3,(H,24,25)(H,26,27). The van der Waals surface area contributed by atoms with Gasteiger partial charge in [-0.2, -0.15) is 0 Å². The zero-order chi connectivity index (χ0) is 20.1. The summed E-state index contributed by atoms with van der Waals surface area (Å²) in [5.41, 5.74) is 1.26. The third kappa shape index (κ3) is 5.03. The lowest BCUT2D eigenvalue weighted by Crippen LogP contribution is -2.12. The van der Waals surface area contributed by atoms with Crippen LogP contribution in [0, 0.1) is 11.6 Å².